The maximum absolute atomic E-state index is 13.0. The van der Waals surface area contributed by atoms with Gasteiger partial charge in [0.1, 0.15) is 12.7 Å². The van der Waals surface area contributed by atoms with Crippen LogP contribution < -0.4 is 0 Å². The number of carbonyl (C=O) groups is 2. The van der Waals surface area contributed by atoms with Gasteiger partial charge in [0.15, 0.2) is 0 Å². The molecule has 1 heterocycles. The van der Waals surface area contributed by atoms with E-state index in [1.54, 1.807) is 0 Å². The molecule has 25 heavy (non-hydrogen) atoms. The van der Waals surface area contributed by atoms with Gasteiger partial charge in [-0.25, -0.2) is 0 Å². The van der Waals surface area contributed by atoms with E-state index in [0.717, 1.165) is 31.2 Å². The summed E-state index contributed by atoms with van der Waals surface area (Å²) in [5, 5.41) is 0. The highest BCUT2D eigenvalue weighted by molar-refractivity contribution is 5.82. The lowest BCUT2D eigenvalue weighted by atomic mass is 9.62. The van der Waals surface area contributed by atoms with Gasteiger partial charge in [-0.1, -0.05) is 48.4 Å². The number of rotatable bonds is 3. The Morgan fingerprint density at radius 2 is 2.04 bits per heavy atom. The topological polar surface area (TPSA) is 52.6 Å². The molecule has 0 unspecified atom stereocenters. The molecule has 5 atom stereocenters. The van der Waals surface area contributed by atoms with Crippen LogP contribution in [0.15, 0.2) is 42.0 Å². The quantitative estimate of drug-likeness (QED) is 0.622. The van der Waals surface area contributed by atoms with Crippen molar-refractivity contribution in [1.29, 1.82) is 0 Å². The highest BCUT2D eigenvalue weighted by Crippen LogP contribution is 2.50. The Balaban J connectivity index is 1.58. The van der Waals surface area contributed by atoms with E-state index >= 15 is 0 Å². The van der Waals surface area contributed by atoms with E-state index in [-0.39, 0.29) is 48.3 Å². The van der Waals surface area contributed by atoms with Crippen LogP contribution in [0.3, 0.4) is 0 Å². The van der Waals surface area contributed by atoms with Gasteiger partial charge in [-0.2, -0.15) is 0 Å². The lowest BCUT2D eigenvalue weighted by molar-refractivity contribution is -0.156. The van der Waals surface area contributed by atoms with Crippen LogP contribution in [0.5, 0.6) is 0 Å². The van der Waals surface area contributed by atoms with Gasteiger partial charge in [0.25, 0.3) is 0 Å². The molecular weight excluding hydrogens is 316 g/mol. The minimum absolute atomic E-state index is 0.0948. The molecule has 1 saturated heterocycles. The zero-order valence-electron chi connectivity index (χ0n) is 14.5. The van der Waals surface area contributed by atoms with Gasteiger partial charge in [0.05, 0.1) is 11.8 Å². The standard InChI is InChI=1S/C21H24O4/c1-13-18-17(20(22)25-13)11-15-9-5-6-10-16(15)19(18)21(23)24-12-14-7-3-2-4-8-14/h2-4,7-8,11,13,16-19H,5-6,9-10,12H2,1H3/t13-,16-,17-,18-,19+/m1/s1. The number of esters is 2. The van der Waals surface area contributed by atoms with Crippen molar-refractivity contribution in [1.82, 2.24) is 0 Å². The molecule has 2 aliphatic carbocycles. The first kappa shape index (κ1) is 16.4. The van der Waals surface area contributed by atoms with Gasteiger partial charge in [-0.3, -0.25) is 9.59 Å². The number of carbonyl (C=O) groups excluding carboxylic acids is 2. The zero-order valence-corrected chi connectivity index (χ0v) is 14.5. The molecule has 4 nitrogen and oxygen atoms in total. The normalized spacial score (nSPS) is 33.7. The predicted octanol–water partition coefficient (Wildman–Crippen LogP) is 3.65. The van der Waals surface area contributed by atoms with Gasteiger partial charge in [0, 0.05) is 5.92 Å². The Bertz CT molecular complexity index is 693. The minimum Gasteiger partial charge on any atom is -0.462 e. The third kappa shape index (κ3) is 2.99. The van der Waals surface area contributed by atoms with E-state index in [9.17, 15) is 9.59 Å². The van der Waals surface area contributed by atoms with Crippen LogP contribution in [-0.2, 0) is 25.7 Å². The second kappa shape index (κ2) is 6.66. The summed E-state index contributed by atoms with van der Waals surface area (Å²) in [6.45, 7) is 2.18. The molecule has 3 aliphatic rings. The lowest BCUT2D eigenvalue weighted by Crippen LogP contribution is -2.43. The van der Waals surface area contributed by atoms with Crippen LogP contribution in [0.4, 0.5) is 0 Å². The van der Waals surface area contributed by atoms with Crippen LogP contribution in [-0.4, -0.2) is 18.0 Å². The molecule has 1 aromatic rings. The first-order valence-corrected chi connectivity index (χ1v) is 9.27. The molecule has 4 heteroatoms. The van der Waals surface area contributed by atoms with E-state index in [4.69, 9.17) is 9.47 Å². The Morgan fingerprint density at radius 1 is 1.24 bits per heavy atom. The fourth-order valence-corrected chi connectivity index (χ4v) is 4.81. The summed E-state index contributed by atoms with van der Waals surface area (Å²) < 4.78 is 11.1. The van der Waals surface area contributed by atoms with Crippen molar-refractivity contribution in [2.24, 2.45) is 23.7 Å². The predicted molar refractivity (Wildman–Crippen MR) is 92.3 cm³/mol. The second-order valence-electron chi connectivity index (χ2n) is 7.46. The van der Waals surface area contributed by atoms with Gasteiger partial charge < -0.3 is 9.47 Å². The van der Waals surface area contributed by atoms with E-state index in [0.29, 0.717) is 0 Å². The van der Waals surface area contributed by atoms with E-state index < -0.39 is 0 Å². The number of ether oxygens (including phenoxy) is 2. The van der Waals surface area contributed by atoms with E-state index in [2.05, 4.69) is 6.08 Å². The SMILES string of the molecule is C[C@H]1OC(=O)[C@@H]2C=C3CCCC[C@H]3[C@H](C(=O)OCc3ccccc3)[C@H]12. The van der Waals surface area contributed by atoms with Crippen molar-refractivity contribution in [3.8, 4) is 0 Å². The van der Waals surface area contributed by atoms with E-state index in [1.165, 1.54) is 5.57 Å². The number of hydrogen-bond donors (Lipinski definition) is 0. The smallest absolute Gasteiger partial charge is 0.313 e. The molecular formula is C21H24O4. The summed E-state index contributed by atoms with van der Waals surface area (Å²) in [5.74, 6) is -0.807. The average molecular weight is 340 g/mol. The number of cyclic esters (lactones) is 1. The van der Waals surface area contributed by atoms with Crippen LogP contribution in [0, 0.1) is 23.7 Å². The Labute approximate surface area is 148 Å². The van der Waals surface area contributed by atoms with Crippen molar-refractivity contribution in [2.75, 3.05) is 0 Å². The molecule has 1 saturated carbocycles. The van der Waals surface area contributed by atoms with Gasteiger partial charge in [-0.05, 0) is 37.7 Å². The molecule has 132 valence electrons. The average Bonchev–Trinajstić information content (AvgIpc) is 2.92. The monoisotopic (exact) mass is 340 g/mol. The largest absolute Gasteiger partial charge is 0.462 e. The summed E-state index contributed by atoms with van der Waals surface area (Å²) in [6.07, 6.45) is 6.12. The van der Waals surface area contributed by atoms with Gasteiger partial charge >= 0.3 is 11.9 Å². The molecule has 0 bridgehead atoms. The summed E-state index contributed by atoms with van der Waals surface area (Å²) >= 11 is 0. The molecule has 4 rings (SSSR count). The molecule has 0 aromatic heterocycles. The number of fused-ring (bicyclic) bond motifs is 2. The zero-order chi connectivity index (χ0) is 17.4. The molecule has 0 radical (unpaired) electrons. The van der Waals surface area contributed by atoms with Crippen LogP contribution in [0.2, 0.25) is 0 Å². The van der Waals surface area contributed by atoms with E-state index in [1.807, 2.05) is 37.3 Å². The van der Waals surface area contributed by atoms with Crippen molar-refractivity contribution in [2.45, 2.75) is 45.3 Å². The summed E-state index contributed by atoms with van der Waals surface area (Å²) in [5.41, 5.74) is 2.25. The molecule has 2 fully saturated rings. The fraction of sp³-hybridized carbons (Fsp3) is 0.524. The van der Waals surface area contributed by atoms with Crippen molar-refractivity contribution >= 4 is 11.9 Å². The lowest BCUT2D eigenvalue weighted by Gasteiger charge is -2.40. The highest BCUT2D eigenvalue weighted by Gasteiger charge is 2.54. The van der Waals surface area contributed by atoms with Crippen molar-refractivity contribution in [3.05, 3.63) is 47.5 Å². The van der Waals surface area contributed by atoms with Crippen LogP contribution in [0.1, 0.15) is 38.2 Å². The molecule has 0 N–H and O–H groups in total. The molecule has 0 amide bonds. The van der Waals surface area contributed by atoms with Crippen molar-refractivity contribution < 1.29 is 19.1 Å². The third-order valence-corrected chi connectivity index (χ3v) is 5.98. The van der Waals surface area contributed by atoms with Crippen LogP contribution in [0.25, 0.3) is 0 Å². The first-order valence-electron chi connectivity index (χ1n) is 9.27. The Hall–Kier alpha value is -2.10. The summed E-state index contributed by atoms with van der Waals surface area (Å²) in [6, 6.07) is 9.72. The van der Waals surface area contributed by atoms with Gasteiger partial charge in [-0.15, -0.1) is 0 Å². The molecule has 0 spiro atoms. The van der Waals surface area contributed by atoms with Gasteiger partial charge in [0.2, 0.25) is 0 Å². The second-order valence-corrected chi connectivity index (χ2v) is 7.46. The maximum atomic E-state index is 13.0. The van der Waals surface area contributed by atoms with Crippen molar-refractivity contribution in [3.63, 3.8) is 0 Å². The summed E-state index contributed by atoms with van der Waals surface area (Å²) in [7, 11) is 0. The maximum Gasteiger partial charge on any atom is 0.313 e. The highest BCUT2D eigenvalue weighted by atomic mass is 16.6. The number of hydrogen-bond acceptors (Lipinski definition) is 4. The first-order chi connectivity index (χ1) is 12.1. The molecule has 1 aliphatic heterocycles. The summed E-state index contributed by atoms with van der Waals surface area (Å²) in [4.78, 5) is 25.2. The Kier molecular flexibility index (Phi) is 4.36. The minimum atomic E-state index is -0.284. The third-order valence-electron chi connectivity index (χ3n) is 5.98. The molecule has 1 aromatic carbocycles. The Morgan fingerprint density at radius 3 is 2.84 bits per heavy atom. The number of benzene rings is 1. The number of allylic oxidation sites excluding steroid dienone is 1. The van der Waals surface area contributed by atoms with Crippen LogP contribution >= 0.6 is 0 Å². The fourth-order valence-electron chi connectivity index (χ4n) is 4.81.